The van der Waals surface area contributed by atoms with E-state index in [-0.39, 0.29) is 21.3 Å². The van der Waals surface area contributed by atoms with Gasteiger partial charge in [0.2, 0.25) is 15.8 Å². The Hall–Kier alpha value is -2.83. The van der Waals surface area contributed by atoms with Crippen LogP contribution in [0.15, 0.2) is 44.5 Å². The van der Waals surface area contributed by atoms with Gasteiger partial charge in [-0.15, -0.1) is 4.40 Å². The van der Waals surface area contributed by atoms with E-state index in [1.54, 1.807) is 12.1 Å². The molecular formula is C21H25N3O7S2. The number of ether oxygens (including phenoxy) is 3. The number of anilines is 1. The molecule has 2 aliphatic heterocycles. The number of benzene rings is 2. The van der Waals surface area contributed by atoms with Crippen LogP contribution >= 0.6 is 0 Å². The maximum Gasteiger partial charge on any atom is 0.286 e. The Balaban J connectivity index is 1.75. The first-order chi connectivity index (χ1) is 15.7. The number of amidine groups is 1. The van der Waals surface area contributed by atoms with Crippen molar-refractivity contribution in [1.29, 1.82) is 0 Å². The number of piperidine rings is 1. The zero-order valence-corrected chi connectivity index (χ0v) is 20.1. The molecule has 1 saturated heterocycles. The molecule has 2 aromatic rings. The first-order valence-electron chi connectivity index (χ1n) is 10.3. The third-order valence-corrected chi connectivity index (χ3v) is 8.80. The van der Waals surface area contributed by atoms with Crippen molar-refractivity contribution >= 4 is 31.6 Å². The second kappa shape index (κ2) is 8.84. The molecule has 0 spiro atoms. The number of fused-ring (bicyclic) bond motifs is 1. The number of hydrogen-bond donors (Lipinski definition) is 1. The highest BCUT2D eigenvalue weighted by molar-refractivity contribution is 7.91. The Morgan fingerprint density at radius 2 is 1.58 bits per heavy atom. The number of methoxy groups -OCH3 is 3. The van der Waals surface area contributed by atoms with Crippen molar-refractivity contribution in [3.05, 3.63) is 35.9 Å². The summed E-state index contributed by atoms with van der Waals surface area (Å²) in [5.41, 5.74) is 0.620. The van der Waals surface area contributed by atoms with Crippen molar-refractivity contribution in [3.8, 4) is 17.2 Å². The van der Waals surface area contributed by atoms with Gasteiger partial charge in [-0.1, -0.05) is 6.42 Å². The standard InChI is InChI=1S/C21H25N3O7S2/c1-29-17-11-14(12-18(30-2)20(17)31-3)21-22-16-8-7-15(13-19(16)32(25,26)23-21)33(27,28)24-9-5-4-6-10-24/h7-8,11-13H,4-6,9-10H2,1-3H3,(H,22,23). The molecule has 0 amide bonds. The number of nitrogens with zero attached hydrogens (tertiary/aromatic N) is 2. The molecule has 178 valence electrons. The Labute approximate surface area is 193 Å². The highest BCUT2D eigenvalue weighted by Crippen LogP contribution is 2.39. The summed E-state index contributed by atoms with van der Waals surface area (Å²) in [6.07, 6.45) is 2.55. The maximum absolute atomic E-state index is 13.0. The van der Waals surface area contributed by atoms with Crippen LogP contribution in [0.1, 0.15) is 24.8 Å². The lowest BCUT2D eigenvalue weighted by Crippen LogP contribution is -2.35. The number of sulfonamides is 2. The molecule has 0 saturated carbocycles. The summed E-state index contributed by atoms with van der Waals surface area (Å²) in [5.74, 6) is 1.08. The van der Waals surface area contributed by atoms with E-state index in [1.807, 2.05) is 0 Å². The average Bonchev–Trinajstić information content (AvgIpc) is 2.82. The Bertz CT molecular complexity index is 1290. The molecule has 2 heterocycles. The summed E-state index contributed by atoms with van der Waals surface area (Å²) in [5, 5.41) is 2.98. The van der Waals surface area contributed by atoms with Crippen LogP contribution < -0.4 is 19.5 Å². The van der Waals surface area contributed by atoms with Crippen LogP contribution in [0.4, 0.5) is 5.69 Å². The largest absolute Gasteiger partial charge is 0.493 e. The molecule has 4 rings (SSSR count). The predicted molar refractivity (Wildman–Crippen MR) is 122 cm³/mol. The van der Waals surface area contributed by atoms with Gasteiger partial charge in [-0.3, -0.25) is 0 Å². The smallest absolute Gasteiger partial charge is 0.286 e. The summed E-state index contributed by atoms with van der Waals surface area (Å²) in [6, 6.07) is 7.16. The van der Waals surface area contributed by atoms with Crippen molar-refractivity contribution in [2.45, 2.75) is 29.1 Å². The highest BCUT2D eigenvalue weighted by atomic mass is 32.2. The summed E-state index contributed by atoms with van der Waals surface area (Å²) >= 11 is 0. The fourth-order valence-corrected chi connectivity index (χ4v) is 6.68. The van der Waals surface area contributed by atoms with Crippen LogP contribution in [0.5, 0.6) is 17.2 Å². The van der Waals surface area contributed by atoms with E-state index in [0.717, 1.165) is 25.3 Å². The summed E-state index contributed by atoms with van der Waals surface area (Å²) < 4.78 is 73.3. The van der Waals surface area contributed by atoms with E-state index in [9.17, 15) is 16.8 Å². The van der Waals surface area contributed by atoms with Crippen molar-refractivity contribution in [2.24, 2.45) is 4.40 Å². The first kappa shape index (κ1) is 23.3. The topological polar surface area (TPSA) is 124 Å². The SMILES string of the molecule is COc1cc(C2=NS(=O)(=O)c3cc(S(=O)(=O)N4CCCCC4)ccc3N2)cc(OC)c1OC. The van der Waals surface area contributed by atoms with Crippen LogP contribution in [0.3, 0.4) is 0 Å². The second-order valence-electron chi connectivity index (χ2n) is 7.58. The zero-order chi connectivity index (χ0) is 23.8. The van der Waals surface area contributed by atoms with E-state index in [0.29, 0.717) is 35.9 Å². The normalized spacial score (nSPS) is 18.0. The van der Waals surface area contributed by atoms with Crippen molar-refractivity contribution in [1.82, 2.24) is 4.31 Å². The molecule has 2 aromatic carbocycles. The third kappa shape index (κ3) is 4.25. The van der Waals surface area contributed by atoms with Gasteiger partial charge >= 0.3 is 0 Å². The lowest BCUT2D eigenvalue weighted by atomic mass is 10.1. The van der Waals surface area contributed by atoms with Crippen LogP contribution in [0.2, 0.25) is 0 Å². The molecule has 0 bridgehead atoms. The number of nitrogens with one attached hydrogen (secondary N) is 1. The lowest BCUT2D eigenvalue weighted by molar-refractivity contribution is 0.324. The second-order valence-corrected chi connectivity index (χ2v) is 11.1. The number of hydrogen-bond acceptors (Lipinski definition) is 8. The highest BCUT2D eigenvalue weighted by Gasteiger charge is 2.31. The molecule has 2 aliphatic rings. The quantitative estimate of drug-likeness (QED) is 0.648. The molecule has 33 heavy (non-hydrogen) atoms. The van der Waals surface area contributed by atoms with Gasteiger partial charge in [-0.25, -0.2) is 8.42 Å². The maximum atomic E-state index is 13.0. The molecule has 0 unspecified atom stereocenters. The van der Waals surface area contributed by atoms with Crippen LogP contribution in [0, 0.1) is 0 Å². The monoisotopic (exact) mass is 495 g/mol. The van der Waals surface area contributed by atoms with Crippen molar-refractivity contribution in [2.75, 3.05) is 39.7 Å². The fraction of sp³-hybridized carbons (Fsp3) is 0.381. The van der Waals surface area contributed by atoms with E-state index < -0.39 is 20.0 Å². The fourth-order valence-electron chi connectivity index (χ4n) is 3.90. The molecule has 0 atom stereocenters. The van der Waals surface area contributed by atoms with Crippen LogP contribution in [-0.2, 0) is 20.0 Å². The van der Waals surface area contributed by atoms with Crippen LogP contribution in [-0.4, -0.2) is 61.4 Å². The molecule has 1 N–H and O–H groups in total. The minimum Gasteiger partial charge on any atom is -0.493 e. The van der Waals surface area contributed by atoms with Crippen LogP contribution in [0.25, 0.3) is 0 Å². The van der Waals surface area contributed by atoms with Gasteiger partial charge in [0.05, 0.1) is 31.9 Å². The van der Waals surface area contributed by atoms with E-state index in [4.69, 9.17) is 14.2 Å². The zero-order valence-electron chi connectivity index (χ0n) is 18.5. The van der Waals surface area contributed by atoms with E-state index in [2.05, 4.69) is 9.71 Å². The molecular weight excluding hydrogens is 470 g/mol. The minimum absolute atomic E-state index is 0.0494. The predicted octanol–water partition coefficient (Wildman–Crippen LogP) is 2.45. The first-order valence-corrected chi connectivity index (χ1v) is 13.2. The Morgan fingerprint density at radius 3 is 2.15 bits per heavy atom. The summed E-state index contributed by atoms with van der Waals surface area (Å²) in [6.45, 7) is 0.849. The van der Waals surface area contributed by atoms with Gasteiger partial charge in [0.1, 0.15) is 4.90 Å². The van der Waals surface area contributed by atoms with E-state index >= 15 is 0 Å². The van der Waals surface area contributed by atoms with Gasteiger partial charge in [-0.2, -0.15) is 12.7 Å². The summed E-state index contributed by atoms with van der Waals surface area (Å²) in [4.78, 5) is -0.267. The Kier molecular flexibility index (Phi) is 6.25. The minimum atomic E-state index is -4.18. The molecule has 12 heteroatoms. The van der Waals surface area contributed by atoms with Gasteiger partial charge in [0.15, 0.2) is 17.3 Å². The Morgan fingerprint density at radius 1 is 0.939 bits per heavy atom. The lowest BCUT2D eigenvalue weighted by Gasteiger charge is -2.26. The van der Waals surface area contributed by atoms with E-state index in [1.165, 1.54) is 37.8 Å². The van der Waals surface area contributed by atoms with Gasteiger partial charge < -0.3 is 19.5 Å². The third-order valence-electron chi connectivity index (χ3n) is 5.59. The van der Waals surface area contributed by atoms with Gasteiger partial charge in [0, 0.05) is 18.7 Å². The van der Waals surface area contributed by atoms with Crippen molar-refractivity contribution < 1.29 is 31.0 Å². The van der Waals surface area contributed by atoms with Crippen molar-refractivity contribution in [3.63, 3.8) is 0 Å². The average molecular weight is 496 g/mol. The molecule has 0 radical (unpaired) electrons. The number of rotatable bonds is 6. The van der Waals surface area contributed by atoms with Gasteiger partial charge in [0.25, 0.3) is 10.0 Å². The molecule has 0 aliphatic carbocycles. The molecule has 0 aromatic heterocycles. The van der Waals surface area contributed by atoms with Gasteiger partial charge in [-0.05, 0) is 43.2 Å². The summed E-state index contributed by atoms with van der Waals surface area (Å²) in [7, 11) is -3.60. The molecule has 10 nitrogen and oxygen atoms in total. The molecule has 1 fully saturated rings.